The van der Waals surface area contributed by atoms with Gasteiger partial charge in [0.05, 0.1) is 12.2 Å². The van der Waals surface area contributed by atoms with Crippen molar-refractivity contribution in [2.75, 3.05) is 13.6 Å². The highest BCUT2D eigenvalue weighted by molar-refractivity contribution is 14.0. The Morgan fingerprint density at radius 2 is 2.08 bits per heavy atom. The van der Waals surface area contributed by atoms with Gasteiger partial charge in [-0.25, -0.2) is 4.98 Å². The lowest BCUT2D eigenvalue weighted by atomic mass is 9.96. The molecule has 1 saturated carbocycles. The number of nitrogens with one attached hydrogen (secondary N) is 2. The Kier molecular flexibility index (Phi) is 7.28. The first kappa shape index (κ1) is 20.6. The molecule has 1 aliphatic rings. The lowest BCUT2D eigenvalue weighted by molar-refractivity contribution is 0.645. The molecule has 0 bridgehead atoms. The summed E-state index contributed by atoms with van der Waals surface area (Å²) in [4.78, 5) is 10.2. The minimum atomic E-state index is 0. The van der Waals surface area contributed by atoms with Crippen LogP contribution in [-0.4, -0.2) is 24.5 Å². The number of thiazole rings is 1. The molecule has 1 aliphatic carbocycles. The van der Waals surface area contributed by atoms with Gasteiger partial charge in [-0.3, -0.25) is 4.99 Å². The summed E-state index contributed by atoms with van der Waals surface area (Å²) in [6.45, 7) is 5.78. The maximum absolute atomic E-state index is 4.56. The molecule has 7 heteroatoms. The van der Waals surface area contributed by atoms with E-state index in [0.29, 0.717) is 6.54 Å². The van der Waals surface area contributed by atoms with E-state index in [9.17, 15) is 0 Å². The third kappa shape index (κ3) is 5.17. The maximum atomic E-state index is 4.56. The number of guanidine groups is 1. The van der Waals surface area contributed by atoms with Crippen molar-refractivity contribution in [3.63, 3.8) is 0 Å². The van der Waals surface area contributed by atoms with E-state index in [-0.39, 0.29) is 29.4 Å². The quantitative estimate of drug-likeness (QED) is 0.336. The minimum absolute atomic E-state index is 0. The summed E-state index contributed by atoms with van der Waals surface area (Å²) in [5.74, 6) is 0.835. The number of hydrogen-bond donors (Lipinski definition) is 2. The molecule has 0 aliphatic heterocycles. The van der Waals surface area contributed by atoms with Gasteiger partial charge in [0.25, 0.3) is 0 Å². The lowest BCUT2D eigenvalue weighted by Crippen LogP contribution is -2.40. The predicted octanol–water partition coefficient (Wildman–Crippen LogP) is 4.54. The van der Waals surface area contributed by atoms with Crippen LogP contribution in [0.25, 0.3) is 0 Å². The van der Waals surface area contributed by atoms with E-state index in [2.05, 4.69) is 74.7 Å². The highest BCUT2D eigenvalue weighted by atomic mass is 127. The van der Waals surface area contributed by atoms with Gasteiger partial charge in [0.2, 0.25) is 0 Å². The summed E-state index contributed by atoms with van der Waals surface area (Å²) >= 11 is 5.31. The Labute approximate surface area is 179 Å². The van der Waals surface area contributed by atoms with Gasteiger partial charge in [-0.2, -0.15) is 0 Å². The number of halogens is 2. The second-order valence-corrected chi connectivity index (χ2v) is 8.52. The van der Waals surface area contributed by atoms with Crippen LogP contribution in [0.5, 0.6) is 0 Å². The smallest absolute Gasteiger partial charge is 0.191 e. The number of benzene rings is 1. The van der Waals surface area contributed by atoms with E-state index in [1.54, 1.807) is 11.3 Å². The molecular weight excluding hydrogens is 511 g/mol. The molecule has 0 saturated heterocycles. The molecule has 0 unspecified atom stereocenters. The summed E-state index contributed by atoms with van der Waals surface area (Å²) in [5, 5.41) is 7.95. The Morgan fingerprint density at radius 1 is 1.32 bits per heavy atom. The molecule has 25 heavy (non-hydrogen) atoms. The minimum Gasteiger partial charge on any atom is -0.356 e. The SMILES string of the molecule is CN=C(NCc1nc(C)c(C)s1)NCC1(c2cccc(Br)c2)CC1.I. The summed E-state index contributed by atoms with van der Waals surface area (Å²) in [5.41, 5.74) is 2.76. The first-order valence-electron chi connectivity index (χ1n) is 8.16. The van der Waals surface area contributed by atoms with E-state index in [1.165, 1.54) is 23.3 Å². The van der Waals surface area contributed by atoms with Crippen molar-refractivity contribution >= 4 is 57.2 Å². The van der Waals surface area contributed by atoms with Crippen LogP contribution >= 0.6 is 51.2 Å². The molecule has 1 aromatic carbocycles. The molecule has 1 heterocycles. The predicted molar refractivity (Wildman–Crippen MR) is 120 cm³/mol. The fourth-order valence-corrected chi connectivity index (χ4v) is 4.06. The van der Waals surface area contributed by atoms with Crippen LogP contribution in [0, 0.1) is 13.8 Å². The van der Waals surface area contributed by atoms with Crippen LogP contribution in [0.1, 0.15) is 34.0 Å². The normalized spacial score (nSPS) is 15.4. The maximum Gasteiger partial charge on any atom is 0.191 e. The van der Waals surface area contributed by atoms with E-state index in [1.807, 2.05) is 7.05 Å². The van der Waals surface area contributed by atoms with Crippen molar-refractivity contribution in [2.24, 2.45) is 4.99 Å². The molecule has 0 atom stereocenters. The van der Waals surface area contributed by atoms with Crippen LogP contribution in [-0.2, 0) is 12.0 Å². The monoisotopic (exact) mass is 534 g/mol. The van der Waals surface area contributed by atoms with Crippen molar-refractivity contribution in [3.8, 4) is 0 Å². The van der Waals surface area contributed by atoms with Gasteiger partial charge in [0, 0.05) is 28.4 Å². The summed E-state index contributed by atoms with van der Waals surface area (Å²) in [6, 6.07) is 8.63. The van der Waals surface area contributed by atoms with Crippen LogP contribution in [0.2, 0.25) is 0 Å². The zero-order valence-electron chi connectivity index (χ0n) is 14.7. The fourth-order valence-electron chi connectivity index (χ4n) is 2.78. The molecule has 1 aromatic heterocycles. The molecule has 1 fully saturated rings. The second-order valence-electron chi connectivity index (χ2n) is 6.32. The topological polar surface area (TPSA) is 49.3 Å². The number of hydrogen-bond acceptors (Lipinski definition) is 3. The number of aromatic nitrogens is 1. The van der Waals surface area contributed by atoms with Gasteiger partial charge >= 0.3 is 0 Å². The number of aryl methyl sites for hydroxylation is 2. The van der Waals surface area contributed by atoms with Crippen LogP contribution in [0.3, 0.4) is 0 Å². The molecule has 0 spiro atoms. The van der Waals surface area contributed by atoms with Gasteiger partial charge in [0.1, 0.15) is 5.01 Å². The summed E-state index contributed by atoms with van der Waals surface area (Å²) < 4.78 is 1.14. The third-order valence-corrected chi connectivity index (χ3v) is 6.15. The standard InChI is InChI=1S/C18H23BrN4S.HI/c1-12-13(2)24-16(23-12)10-21-17(20-3)22-11-18(7-8-18)14-5-4-6-15(19)9-14;/h4-6,9H,7-8,10-11H2,1-3H3,(H2,20,21,22);1H. The first-order chi connectivity index (χ1) is 11.5. The van der Waals surface area contributed by atoms with E-state index >= 15 is 0 Å². The molecule has 2 N–H and O–H groups in total. The van der Waals surface area contributed by atoms with Crippen LogP contribution in [0.4, 0.5) is 0 Å². The second kappa shape index (κ2) is 8.81. The van der Waals surface area contributed by atoms with E-state index < -0.39 is 0 Å². The highest BCUT2D eigenvalue weighted by Gasteiger charge is 2.44. The number of rotatable bonds is 5. The molecule has 136 valence electrons. The Balaban J connectivity index is 0.00000225. The Morgan fingerprint density at radius 3 is 2.64 bits per heavy atom. The highest BCUT2D eigenvalue weighted by Crippen LogP contribution is 2.48. The van der Waals surface area contributed by atoms with Crippen molar-refractivity contribution in [1.29, 1.82) is 0 Å². The van der Waals surface area contributed by atoms with Gasteiger partial charge < -0.3 is 10.6 Å². The zero-order valence-corrected chi connectivity index (χ0v) is 19.5. The Hall–Kier alpha value is -0.670. The first-order valence-corrected chi connectivity index (χ1v) is 9.77. The molecule has 0 amide bonds. The van der Waals surface area contributed by atoms with Crippen molar-refractivity contribution in [1.82, 2.24) is 15.6 Å². The van der Waals surface area contributed by atoms with E-state index in [0.717, 1.165) is 27.7 Å². The van der Waals surface area contributed by atoms with Crippen molar-refractivity contribution in [3.05, 3.63) is 49.9 Å². The zero-order chi connectivity index (χ0) is 17.2. The largest absolute Gasteiger partial charge is 0.356 e. The Bertz CT molecular complexity index is 736. The van der Waals surface area contributed by atoms with Crippen molar-refractivity contribution < 1.29 is 0 Å². The van der Waals surface area contributed by atoms with Gasteiger partial charge in [0.15, 0.2) is 5.96 Å². The summed E-state index contributed by atoms with van der Waals surface area (Å²) in [7, 11) is 1.81. The molecule has 2 aromatic rings. The van der Waals surface area contributed by atoms with Crippen LogP contribution < -0.4 is 10.6 Å². The van der Waals surface area contributed by atoms with Crippen molar-refractivity contribution in [2.45, 2.75) is 38.6 Å². The molecule has 4 nitrogen and oxygen atoms in total. The van der Waals surface area contributed by atoms with E-state index in [4.69, 9.17) is 0 Å². The molecule has 3 rings (SSSR count). The average molecular weight is 535 g/mol. The summed E-state index contributed by atoms with van der Waals surface area (Å²) in [6.07, 6.45) is 2.44. The average Bonchev–Trinajstić information content (AvgIpc) is 3.29. The number of aliphatic imine (C=N–C) groups is 1. The molecule has 0 radical (unpaired) electrons. The van der Waals surface area contributed by atoms with Gasteiger partial charge in [-0.05, 0) is 44.4 Å². The van der Waals surface area contributed by atoms with Gasteiger partial charge in [-0.1, -0.05) is 28.1 Å². The lowest BCUT2D eigenvalue weighted by Gasteiger charge is -2.19. The third-order valence-electron chi connectivity index (χ3n) is 4.59. The fraction of sp³-hybridized carbons (Fsp3) is 0.444. The van der Waals surface area contributed by atoms with Crippen LogP contribution in [0.15, 0.2) is 33.7 Å². The number of nitrogens with zero attached hydrogens (tertiary/aromatic N) is 2. The molecular formula is C18H24BrIN4S. The van der Waals surface area contributed by atoms with Gasteiger partial charge in [-0.15, -0.1) is 35.3 Å².